The van der Waals surface area contributed by atoms with Crippen LogP contribution in [0.4, 0.5) is 11.4 Å². The lowest BCUT2D eigenvalue weighted by molar-refractivity contribution is 0.602. The van der Waals surface area contributed by atoms with Crippen molar-refractivity contribution in [2.45, 2.75) is 4.21 Å². The number of rotatable bonds is 5. The van der Waals surface area contributed by atoms with E-state index in [1.807, 2.05) is 0 Å². The zero-order chi connectivity index (χ0) is 16.5. The van der Waals surface area contributed by atoms with Crippen LogP contribution in [0.3, 0.4) is 0 Å². The van der Waals surface area contributed by atoms with E-state index in [9.17, 15) is 16.8 Å². The van der Waals surface area contributed by atoms with E-state index in [1.54, 1.807) is 0 Å². The summed E-state index contributed by atoms with van der Waals surface area (Å²) in [5.74, 6) is 0. The summed E-state index contributed by atoms with van der Waals surface area (Å²) in [6.07, 6.45) is 1.02. The van der Waals surface area contributed by atoms with Gasteiger partial charge in [-0.05, 0) is 30.3 Å². The molecule has 1 aromatic heterocycles. The minimum Gasteiger partial charge on any atom is -0.284 e. The molecule has 2 aromatic rings. The van der Waals surface area contributed by atoms with Gasteiger partial charge in [-0.15, -0.1) is 11.3 Å². The maximum Gasteiger partial charge on any atom is 0.271 e. The Morgan fingerprint density at radius 2 is 1.45 bits per heavy atom. The molecule has 0 spiro atoms. The number of nitrogens with one attached hydrogen (secondary N) is 2. The largest absolute Gasteiger partial charge is 0.284 e. The van der Waals surface area contributed by atoms with Crippen LogP contribution in [-0.4, -0.2) is 23.1 Å². The second-order valence-electron chi connectivity index (χ2n) is 4.24. The van der Waals surface area contributed by atoms with Crippen molar-refractivity contribution in [2.75, 3.05) is 15.7 Å². The smallest absolute Gasteiger partial charge is 0.271 e. The van der Waals surface area contributed by atoms with Crippen LogP contribution in [0.2, 0.25) is 9.36 Å². The van der Waals surface area contributed by atoms with Crippen LogP contribution in [0.15, 0.2) is 34.5 Å². The van der Waals surface area contributed by atoms with E-state index in [0.29, 0.717) is 5.69 Å². The number of hydrogen-bond donors (Lipinski definition) is 2. The van der Waals surface area contributed by atoms with Gasteiger partial charge in [0.05, 0.1) is 11.3 Å². The number of thiophene rings is 1. The molecule has 1 aromatic carbocycles. The van der Waals surface area contributed by atoms with Crippen LogP contribution in [-0.2, 0) is 20.0 Å². The molecule has 2 rings (SSSR count). The van der Waals surface area contributed by atoms with Gasteiger partial charge in [-0.25, -0.2) is 16.8 Å². The van der Waals surface area contributed by atoms with Crippen molar-refractivity contribution in [3.63, 3.8) is 0 Å². The van der Waals surface area contributed by atoms with E-state index in [0.717, 1.165) is 17.6 Å². The molecule has 11 heteroatoms. The molecule has 0 radical (unpaired) electrons. The molecule has 0 bridgehead atoms. The molecule has 0 fully saturated rings. The number of anilines is 2. The van der Waals surface area contributed by atoms with E-state index >= 15 is 0 Å². The van der Waals surface area contributed by atoms with Gasteiger partial charge in [-0.3, -0.25) is 9.44 Å². The summed E-state index contributed by atoms with van der Waals surface area (Å²) in [4.78, 5) is 0. The van der Waals surface area contributed by atoms with Crippen LogP contribution in [0.25, 0.3) is 0 Å². The monoisotopic (exact) mass is 400 g/mol. The van der Waals surface area contributed by atoms with Crippen molar-refractivity contribution in [2.24, 2.45) is 0 Å². The fourth-order valence-corrected chi connectivity index (χ4v) is 4.99. The van der Waals surface area contributed by atoms with Crippen molar-refractivity contribution in [1.82, 2.24) is 0 Å². The zero-order valence-corrected chi connectivity index (χ0v) is 15.0. The summed E-state index contributed by atoms with van der Waals surface area (Å²) in [5, 5.41) is 0.166. The summed E-state index contributed by atoms with van der Waals surface area (Å²) < 4.78 is 51.3. The molecule has 0 aliphatic heterocycles. The molecule has 2 N–H and O–H groups in total. The second-order valence-corrected chi connectivity index (χ2v) is 9.96. The fraction of sp³-hybridized carbons (Fsp3) is 0.0909. The predicted octanol–water partition coefficient (Wildman–Crippen LogP) is 3.23. The molecule has 6 nitrogen and oxygen atoms in total. The summed E-state index contributed by atoms with van der Waals surface area (Å²) in [6.45, 7) is 0. The first-order chi connectivity index (χ1) is 10.1. The van der Waals surface area contributed by atoms with Gasteiger partial charge in [0.2, 0.25) is 10.0 Å². The summed E-state index contributed by atoms with van der Waals surface area (Å²) in [7, 11) is -7.19. The third kappa shape index (κ3) is 4.50. The Kier molecular flexibility index (Phi) is 4.93. The highest BCUT2D eigenvalue weighted by molar-refractivity contribution is 7.94. The fourth-order valence-electron chi connectivity index (χ4n) is 1.49. The highest BCUT2D eigenvalue weighted by Gasteiger charge is 2.19. The van der Waals surface area contributed by atoms with Crippen molar-refractivity contribution < 1.29 is 16.8 Å². The Balaban J connectivity index is 2.20. The van der Waals surface area contributed by atoms with Crippen LogP contribution in [0.5, 0.6) is 0 Å². The lowest BCUT2D eigenvalue weighted by Gasteiger charge is -2.08. The highest BCUT2D eigenvalue weighted by atomic mass is 35.5. The zero-order valence-electron chi connectivity index (χ0n) is 11.0. The Hall–Kier alpha value is -1.000. The Morgan fingerprint density at radius 1 is 0.955 bits per heavy atom. The van der Waals surface area contributed by atoms with E-state index in [4.69, 9.17) is 23.2 Å². The van der Waals surface area contributed by atoms with E-state index in [-0.39, 0.29) is 19.3 Å². The maximum atomic E-state index is 12.2. The molecular formula is C11H10Cl2N2O4S3. The molecule has 0 saturated heterocycles. The Bertz CT molecular complexity index is 870. The topological polar surface area (TPSA) is 92.3 Å². The molecular weight excluding hydrogens is 391 g/mol. The van der Waals surface area contributed by atoms with Gasteiger partial charge in [0.25, 0.3) is 10.0 Å². The molecule has 1 heterocycles. The van der Waals surface area contributed by atoms with Gasteiger partial charge in [0.15, 0.2) is 0 Å². The molecule has 0 aliphatic rings. The molecule has 0 saturated carbocycles. The molecule has 120 valence electrons. The normalized spacial score (nSPS) is 12.1. The molecule has 0 atom stereocenters. The minimum atomic E-state index is -3.80. The number of sulfonamides is 2. The van der Waals surface area contributed by atoms with Crippen LogP contribution >= 0.6 is 34.5 Å². The quantitative estimate of drug-likeness (QED) is 0.805. The third-order valence-electron chi connectivity index (χ3n) is 2.33. The van der Waals surface area contributed by atoms with Crippen LogP contribution in [0.1, 0.15) is 0 Å². The number of benzene rings is 1. The second kappa shape index (κ2) is 6.25. The summed E-state index contributed by atoms with van der Waals surface area (Å²) >= 11 is 12.3. The highest BCUT2D eigenvalue weighted by Crippen LogP contribution is 2.35. The Labute approximate surface area is 142 Å². The summed E-state index contributed by atoms with van der Waals surface area (Å²) in [6, 6.07) is 7.00. The van der Waals surface area contributed by atoms with E-state index in [2.05, 4.69) is 9.44 Å². The van der Waals surface area contributed by atoms with Gasteiger partial charge in [-0.2, -0.15) is 0 Å². The number of hydrogen-bond acceptors (Lipinski definition) is 5. The van der Waals surface area contributed by atoms with E-state index < -0.39 is 20.0 Å². The van der Waals surface area contributed by atoms with Crippen molar-refractivity contribution in [1.29, 1.82) is 0 Å². The lowest BCUT2D eigenvalue weighted by atomic mass is 10.3. The van der Waals surface area contributed by atoms with Gasteiger partial charge in [-0.1, -0.05) is 23.2 Å². The van der Waals surface area contributed by atoms with Crippen molar-refractivity contribution in [3.05, 3.63) is 39.7 Å². The standard InChI is InChI=1S/C11H10Cl2N2O4S3/c1-21(16,17)14-7-2-4-8(5-3-7)15-22(18,19)10-6-9(12)11(13)20-10/h2-6,14-15H,1H3. The van der Waals surface area contributed by atoms with Crippen LogP contribution in [0, 0.1) is 0 Å². The summed E-state index contributed by atoms with van der Waals surface area (Å²) in [5.41, 5.74) is 0.604. The van der Waals surface area contributed by atoms with Crippen molar-refractivity contribution in [3.8, 4) is 0 Å². The van der Waals surface area contributed by atoms with Gasteiger partial charge in [0.1, 0.15) is 8.55 Å². The first kappa shape index (κ1) is 17.4. The average Bonchev–Trinajstić information content (AvgIpc) is 2.71. The first-order valence-corrected chi connectivity index (χ1v) is 10.6. The van der Waals surface area contributed by atoms with E-state index in [1.165, 1.54) is 30.3 Å². The molecule has 0 aliphatic carbocycles. The first-order valence-electron chi connectivity index (χ1n) is 5.62. The number of halogens is 2. The molecule has 22 heavy (non-hydrogen) atoms. The molecule has 0 amide bonds. The Morgan fingerprint density at radius 3 is 1.86 bits per heavy atom. The SMILES string of the molecule is CS(=O)(=O)Nc1ccc(NS(=O)(=O)c2cc(Cl)c(Cl)s2)cc1. The van der Waals surface area contributed by atoms with Crippen molar-refractivity contribution >= 4 is 66.0 Å². The lowest BCUT2D eigenvalue weighted by Crippen LogP contribution is -2.12. The van der Waals surface area contributed by atoms with Crippen LogP contribution < -0.4 is 9.44 Å². The van der Waals surface area contributed by atoms with Gasteiger partial charge in [0, 0.05) is 11.4 Å². The third-order valence-corrected chi connectivity index (χ3v) is 6.65. The van der Waals surface area contributed by atoms with Gasteiger partial charge < -0.3 is 0 Å². The molecule has 0 unspecified atom stereocenters. The van der Waals surface area contributed by atoms with Gasteiger partial charge >= 0.3 is 0 Å². The predicted molar refractivity (Wildman–Crippen MR) is 90.1 cm³/mol. The minimum absolute atomic E-state index is 0.0131. The average molecular weight is 401 g/mol. The maximum absolute atomic E-state index is 12.2.